The number of allylic oxidation sites excluding steroid dienone is 1. The Morgan fingerprint density at radius 3 is 2.31 bits per heavy atom. The molecule has 0 spiro atoms. The van der Waals surface area contributed by atoms with Gasteiger partial charge >= 0.3 is 6.18 Å². The minimum Gasteiger partial charge on any atom is -0.494 e. The molecule has 0 amide bonds. The van der Waals surface area contributed by atoms with Crippen LogP contribution in [0.1, 0.15) is 12.0 Å². The van der Waals surface area contributed by atoms with E-state index in [1.165, 1.54) is 0 Å². The van der Waals surface area contributed by atoms with Gasteiger partial charge in [-0.15, -0.1) is 0 Å². The number of H-pyrrole nitrogens is 1. The molecule has 150 valence electrons. The van der Waals surface area contributed by atoms with Gasteiger partial charge in [0.15, 0.2) is 4.77 Å². The molecule has 2 aromatic carbocycles. The molecule has 5 nitrogen and oxygen atoms in total. The Labute approximate surface area is 168 Å². The Balaban J connectivity index is 1.93. The first-order chi connectivity index (χ1) is 13.7. The van der Waals surface area contributed by atoms with Crippen LogP contribution >= 0.6 is 12.2 Å². The van der Waals surface area contributed by atoms with Gasteiger partial charge in [-0.05, 0) is 54.7 Å². The quantitative estimate of drug-likeness (QED) is 0.546. The summed E-state index contributed by atoms with van der Waals surface area (Å²) < 4.78 is 43.7. The van der Waals surface area contributed by atoms with Crippen molar-refractivity contribution in [2.75, 3.05) is 0 Å². The van der Waals surface area contributed by atoms with E-state index < -0.39 is 24.0 Å². The summed E-state index contributed by atoms with van der Waals surface area (Å²) in [6.45, 7) is 0. The van der Waals surface area contributed by atoms with Gasteiger partial charge in [-0.2, -0.15) is 13.2 Å². The largest absolute Gasteiger partial charge is 0.494 e. The first-order valence-corrected chi connectivity index (χ1v) is 8.80. The van der Waals surface area contributed by atoms with E-state index in [1.807, 2.05) is 18.2 Å². The SMILES string of the molecule is O=c1[nH]c(=S)n(-c2ccc(Oc3ccccc3)cc2)c(O)c1C=CCC(F)(F)F. The van der Waals surface area contributed by atoms with Crippen LogP contribution in [0, 0.1) is 4.77 Å². The second-order valence-electron chi connectivity index (χ2n) is 5.96. The van der Waals surface area contributed by atoms with E-state index in [2.05, 4.69) is 4.98 Å². The van der Waals surface area contributed by atoms with Crippen molar-refractivity contribution in [2.24, 2.45) is 0 Å². The molecule has 0 aliphatic rings. The highest BCUT2D eigenvalue weighted by molar-refractivity contribution is 7.71. The van der Waals surface area contributed by atoms with Crippen LogP contribution in [0.3, 0.4) is 0 Å². The highest BCUT2D eigenvalue weighted by atomic mass is 32.1. The third-order valence-electron chi connectivity index (χ3n) is 3.83. The zero-order valence-electron chi connectivity index (χ0n) is 14.8. The number of alkyl halides is 3. The number of rotatable bonds is 5. The number of halogens is 3. The standard InChI is InChI=1S/C20H15F3N2O3S/c21-20(22,23)12-4-7-16-17(26)24-19(29)25(18(16)27)13-8-10-15(11-9-13)28-14-5-2-1-3-6-14/h1-11,27H,12H2,(H,24,26,29). The van der Waals surface area contributed by atoms with E-state index in [4.69, 9.17) is 17.0 Å². The van der Waals surface area contributed by atoms with Crippen molar-refractivity contribution in [3.8, 4) is 23.1 Å². The lowest BCUT2D eigenvalue weighted by Gasteiger charge is -2.12. The Hall–Kier alpha value is -3.33. The summed E-state index contributed by atoms with van der Waals surface area (Å²) in [5.41, 5.74) is -0.715. The number of para-hydroxylation sites is 1. The van der Waals surface area contributed by atoms with Gasteiger partial charge in [0, 0.05) is 0 Å². The zero-order chi connectivity index (χ0) is 21.0. The van der Waals surface area contributed by atoms with Crippen molar-refractivity contribution in [1.82, 2.24) is 9.55 Å². The van der Waals surface area contributed by atoms with Gasteiger partial charge in [0.05, 0.1) is 17.7 Å². The lowest BCUT2D eigenvalue weighted by Crippen LogP contribution is -2.16. The van der Waals surface area contributed by atoms with Crippen LogP contribution in [0.5, 0.6) is 17.4 Å². The molecule has 2 N–H and O–H groups in total. The fourth-order valence-electron chi connectivity index (χ4n) is 2.53. The van der Waals surface area contributed by atoms with E-state index in [1.54, 1.807) is 36.4 Å². The third kappa shape index (κ3) is 5.14. The van der Waals surface area contributed by atoms with Crippen molar-refractivity contribution in [3.05, 3.63) is 81.4 Å². The third-order valence-corrected chi connectivity index (χ3v) is 4.11. The Bertz CT molecular complexity index is 1130. The molecular weight excluding hydrogens is 405 g/mol. The summed E-state index contributed by atoms with van der Waals surface area (Å²) in [5.74, 6) is 0.607. The molecule has 29 heavy (non-hydrogen) atoms. The highest BCUT2D eigenvalue weighted by Gasteiger charge is 2.24. The fourth-order valence-corrected chi connectivity index (χ4v) is 2.81. The lowest BCUT2D eigenvalue weighted by molar-refractivity contribution is -0.124. The highest BCUT2D eigenvalue weighted by Crippen LogP contribution is 2.26. The molecule has 0 bridgehead atoms. The predicted molar refractivity (Wildman–Crippen MR) is 105 cm³/mol. The normalized spacial score (nSPS) is 11.7. The van der Waals surface area contributed by atoms with Crippen LogP contribution in [0.15, 0.2) is 65.5 Å². The number of hydrogen-bond donors (Lipinski definition) is 2. The second-order valence-corrected chi connectivity index (χ2v) is 6.35. The lowest BCUT2D eigenvalue weighted by atomic mass is 10.2. The maximum Gasteiger partial charge on any atom is 0.392 e. The van der Waals surface area contributed by atoms with E-state index >= 15 is 0 Å². The van der Waals surface area contributed by atoms with Gasteiger partial charge < -0.3 is 9.84 Å². The summed E-state index contributed by atoms with van der Waals surface area (Å²) in [4.78, 5) is 14.4. The molecule has 3 aromatic rings. The van der Waals surface area contributed by atoms with Crippen molar-refractivity contribution < 1.29 is 23.0 Å². The first-order valence-electron chi connectivity index (χ1n) is 8.39. The summed E-state index contributed by atoms with van der Waals surface area (Å²) in [5, 5.41) is 10.5. The molecule has 1 heterocycles. The van der Waals surface area contributed by atoms with Crippen LogP contribution in [0.25, 0.3) is 11.8 Å². The average molecular weight is 420 g/mol. The molecule has 0 fully saturated rings. The minimum absolute atomic E-state index is 0.0998. The van der Waals surface area contributed by atoms with E-state index in [9.17, 15) is 23.1 Å². The van der Waals surface area contributed by atoms with E-state index in [-0.39, 0.29) is 10.3 Å². The number of aromatic nitrogens is 2. The van der Waals surface area contributed by atoms with Crippen molar-refractivity contribution in [1.29, 1.82) is 0 Å². The van der Waals surface area contributed by atoms with Crippen LogP contribution in [0.4, 0.5) is 13.2 Å². The van der Waals surface area contributed by atoms with Gasteiger partial charge in [0.25, 0.3) is 5.56 Å². The molecule has 0 saturated heterocycles. The summed E-state index contributed by atoms with van der Waals surface area (Å²) in [6.07, 6.45) is -3.97. The maximum absolute atomic E-state index is 12.3. The minimum atomic E-state index is -4.42. The molecule has 0 saturated carbocycles. The summed E-state index contributed by atoms with van der Waals surface area (Å²) in [6, 6.07) is 15.5. The molecule has 0 unspecified atom stereocenters. The smallest absolute Gasteiger partial charge is 0.392 e. The van der Waals surface area contributed by atoms with Gasteiger partial charge in [0.1, 0.15) is 11.5 Å². The predicted octanol–water partition coefficient (Wildman–Crippen LogP) is 5.36. The van der Waals surface area contributed by atoms with E-state index in [0.29, 0.717) is 17.2 Å². The van der Waals surface area contributed by atoms with Gasteiger partial charge in [-0.1, -0.05) is 24.3 Å². The number of aromatic hydroxyl groups is 1. The Morgan fingerprint density at radius 1 is 1.07 bits per heavy atom. The zero-order valence-corrected chi connectivity index (χ0v) is 15.6. The van der Waals surface area contributed by atoms with Crippen molar-refractivity contribution in [3.63, 3.8) is 0 Å². The van der Waals surface area contributed by atoms with Crippen LogP contribution in [0.2, 0.25) is 0 Å². The fraction of sp³-hybridized carbons (Fsp3) is 0.100. The Morgan fingerprint density at radius 2 is 1.69 bits per heavy atom. The first kappa shape index (κ1) is 20.4. The molecule has 1 aromatic heterocycles. The number of nitrogens with one attached hydrogen (secondary N) is 1. The topological polar surface area (TPSA) is 67.2 Å². The molecule has 0 radical (unpaired) electrons. The number of ether oxygens (including phenoxy) is 1. The Kier molecular flexibility index (Phi) is 5.88. The molecular formula is C20H15F3N2O3S. The van der Waals surface area contributed by atoms with Crippen LogP contribution in [-0.4, -0.2) is 20.8 Å². The van der Waals surface area contributed by atoms with Gasteiger partial charge in [-0.3, -0.25) is 14.3 Å². The molecule has 3 rings (SSSR count). The van der Waals surface area contributed by atoms with Crippen molar-refractivity contribution in [2.45, 2.75) is 12.6 Å². The average Bonchev–Trinajstić information content (AvgIpc) is 2.65. The second kappa shape index (κ2) is 8.36. The number of hydrogen-bond acceptors (Lipinski definition) is 4. The number of nitrogens with zero attached hydrogens (tertiary/aromatic N) is 1. The van der Waals surface area contributed by atoms with Crippen molar-refractivity contribution >= 4 is 18.3 Å². The van der Waals surface area contributed by atoms with Gasteiger partial charge in [0.2, 0.25) is 5.88 Å². The number of aromatic amines is 1. The number of benzene rings is 2. The molecule has 0 atom stereocenters. The van der Waals surface area contributed by atoms with E-state index in [0.717, 1.165) is 16.7 Å². The summed E-state index contributed by atoms with van der Waals surface area (Å²) in [7, 11) is 0. The molecule has 0 aliphatic carbocycles. The van der Waals surface area contributed by atoms with Crippen LogP contribution in [-0.2, 0) is 0 Å². The van der Waals surface area contributed by atoms with Crippen LogP contribution < -0.4 is 10.3 Å². The van der Waals surface area contributed by atoms with Gasteiger partial charge in [-0.25, -0.2) is 0 Å². The monoisotopic (exact) mass is 420 g/mol. The maximum atomic E-state index is 12.3. The molecule has 9 heteroatoms. The molecule has 0 aliphatic heterocycles. The summed E-state index contributed by atoms with van der Waals surface area (Å²) >= 11 is 5.09.